The standard InChI is InChI=1S/C9H8N2OS/c12-13(9-10-6-7-11-9)8-4-2-1-3-5-8/h1-7H,(H,10,11). The first-order valence-corrected chi connectivity index (χ1v) is 4.99. The maximum absolute atomic E-state index is 11.7. The molecule has 2 aromatic rings. The van der Waals surface area contributed by atoms with E-state index < -0.39 is 11.2 Å². The van der Waals surface area contributed by atoms with Gasteiger partial charge in [-0.25, -0.2) is 0 Å². The third kappa shape index (κ3) is 1.74. The Kier molecular flexibility index (Phi) is 2.33. The molecule has 4 heteroatoms. The fourth-order valence-corrected chi connectivity index (χ4v) is 1.97. The van der Waals surface area contributed by atoms with Crippen LogP contribution in [0.25, 0.3) is 0 Å². The Morgan fingerprint density at radius 3 is 2.62 bits per heavy atom. The highest BCUT2D eigenvalue weighted by Crippen LogP contribution is 2.15. The van der Waals surface area contributed by atoms with Crippen molar-refractivity contribution in [3.8, 4) is 0 Å². The van der Waals surface area contributed by atoms with Crippen LogP contribution >= 0.6 is 0 Å². The lowest BCUT2D eigenvalue weighted by Crippen LogP contribution is -2.03. The molecule has 0 saturated heterocycles. The lowest BCUT2D eigenvalue weighted by Gasteiger charge is -2.04. The second-order valence-electron chi connectivity index (χ2n) is 2.48. The number of benzene rings is 1. The lowest BCUT2D eigenvalue weighted by atomic mass is 10.4. The summed E-state index contributed by atoms with van der Waals surface area (Å²) in [6.07, 6.45) is 3.26. The highest BCUT2D eigenvalue weighted by Gasteiger charge is 2.15. The summed E-state index contributed by atoms with van der Waals surface area (Å²) in [5, 5.41) is 0.492. The van der Waals surface area contributed by atoms with Gasteiger partial charge < -0.3 is 9.54 Å². The van der Waals surface area contributed by atoms with Crippen molar-refractivity contribution in [2.75, 3.05) is 0 Å². The van der Waals surface area contributed by atoms with Crippen LogP contribution in [0.1, 0.15) is 0 Å². The molecule has 13 heavy (non-hydrogen) atoms. The number of aromatic nitrogens is 2. The Labute approximate surface area is 79.0 Å². The SMILES string of the molecule is [O-][S+](c1ccccc1)c1ncc[nH]1. The summed E-state index contributed by atoms with van der Waals surface area (Å²) in [6.45, 7) is 0. The lowest BCUT2D eigenvalue weighted by molar-refractivity contribution is 0.588. The number of hydrogen-bond donors (Lipinski definition) is 1. The van der Waals surface area contributed by atoms with Gasteiger partial charge in [0.1, 0.15) is 0 Å². The fourth-order valence-electron chi connectivity index (χ4n) is 1.01. The topological polar surface area (TPSA) is 51.7 Å². The van der Waals surface area contributed by atoms with Crippen molar-refractivity contribution >= 4 is 11.2 Å². The van der Waals surface area contributed by atoms with Gasteiger partial charge in [0.15, 0.2) is 4.90 Å². The highest BCUT2D eigenvalue weighted by atomic mass is 32.2. The Balaban J connectivity index is 2.29. The first kappa shape index (κ1) is 8.34. The molecule has 0 spiro atoms. The molecule has 0 aliphatic heterocycles. The monoisotopic (exact) mass is 192 g/mol. The molecule has 66 valence electrons. The van der Waals surface area contributed by atoms with Gasteiger partial charge in [0.2, 0.25) is 0 Å². The molecule has 1 atom stereocenters. The van der Waals surface area contributed by atoms with E-state index in [4.69, 9.17) is 0 Å². The Morgan fingerprint density at radius 1 is 1.23 bits per heavy atom. The molecule has 1 N–H and O–H groups in total. The second-order valence-corrected chi connectivity index (χ2v) is 3.87. The van der Waals surface area contributed by atoms with Crippen LogP contribution in [-0.4, -0.2) is 14.5 Å². The van der Waals surface area contributed by atoms with Gasteiger partial charge in [-0.1, -0.05) is 18.2 Å². The minimum absolute atomic E-state index is 0.492. The number of H-pyrrole nitrogens is 1. The fraction of sp³-hybridized carbons (Fsp3) is 0. The van der Waals surface area contributed by atoms with Crippen molar-refractivity contribution in [1.82, 2.24) is 9.97 Å². The maximum atomic E-state index is 11.7. The Morgan fingerprint density at radius 2 is 2.00 bits per heavy atom. The summed E-state index contributed by atoms with van der Waals surface area (Å²) >= 11 is -1.18. The first-order valence-electron chi connectivity index (χ1n) is 3.84. The van der Waals surface area contributed by atoms with Gasteiger partial charge in [-0.15, -0.1) is 0 Å². The number of nitrogens with one attached hydrogen (secondary N) is 1. The van der Waals surface area contributed by atoms with E-state index in [2.05, 4.69) is 9.97 Å². The number of aromatic amines is 1. The van der Waals surface area contributed by atoms with Gasteiger partial charge in [0.25, 0.3) is 0 Å². The van der Waals surface area contributed by atoms with E-state index in [1.165, 1.54) is 0 Å². The average molecular weight is 192 g/mol. The van der Waals surface area contributed by atoms with Crippen molar-refractivity contribution in [2.24, 2.45) is 0 Å². The van der Waals surface area contributed by atoms with E-state index in [9.17, 15) is 4.55 Å². The van der Waals surface area contributed by atoms with Gasteiger partial charge in [0, 0.05) is 12.4 Å². The van der Waals surface area contributed by atoms with E-state index in [0.717, 1.165) is 4.90 Å². The zero-order valence-electron chi connectivity index (χ0n) is 6.81. The summed E-state index contributed by atoms with van der Waals surface area (Å²) < 4.78 is 11.7. The molecule has 0 amide bonds. The molecule has 0 radical (unpaired) electrons. The molecule has 0 saturated carbocycles. The largest absolute Gasteiger partial charge is 0.604 e. The van der Waals surface area contributed by atoms with Gasteiger partial charge in [-0.2, -0.15) is 4.98 Å². The van der Waals surface area contributed by atoms with Crippen LogP contribution in [0.4, 0.5) is 0 Å². The van der Waals surface area contributed by atoms with E-state index in [-0.39, 0.29) is 0 Å². The molecule has 0 bridgehead atoms. The van der Waals surface area contributed by atoms with Crippen LogP contribution in [0.3, 0.4) is 0 Å². The van der Waals surface area contributed by atoms with Crippen molar-refractivity contribution in [1.29, 1.82) is 0 Å². The van der Waals surface area contributed by atoms with Crippen molar-refractivity contribution in [2.45, 2.75) is 10.1 Å². The zero-order valence-corrected chi connectivity index (χ0v) is 7.62. The van der Waals surface area contributed by atoms with E-state index in [1.807, 2.05) is 30.3 Å². The molecule has 2 rings (SSSR count). The van der Waals surface area contributed by atoms with Gasteiger partial charge in [-0.05, 0) is 12.1 Å². The molecule has 1 aromatic carbocycles. The first-order chi connectivity index (χ1) is 6.38. The van der Waals surface area contributed by atoms with E-state index in [1.54, 1.807) is 12.4 Å². The minimum atomic E-state index is -1.18. The molecule has 0 aliphatic carbocycles. The van der Waals surface area contributed by atoms with Crippen LogP contribution in [0.5, 0.6) is 0 Å². The van der Waals surface area contributed by atoms with Crippen molar-refractivity contribution in [3.63, 3.8) is 0 Å². The van der Waals surface area contributed by atoms with Crippen molar-refractivity contribution in [3.05, 3.63) is 42.7 Å². The smallest absolute Gasteiger partial charge is 0.326 e. The molecular weight excluding hydrogens is 184 g/mol. The van der Waals surface area contributed by atoms with Crippen LogP contribution in [0.2, 0.25) is 0 Å². The Bertz CT molecular complexity index is 360. The van der Waals surface area contributed by atoms with Crippen molar-refractivity contribution < 1.29 is 4.55 Å². The maximum Gasteiger partial charge on any atom is 0.326 e. The van der Waals surface area contributed by atoms with Crippen LogP contribution in [0.15, 0.2) is 52.8 Å². The molecule has 0 aliphatic rings. The van der Waals surface area contributed by atoms with Crippen LogP contribution in [-0.2, 0) is 11.2 Å². The molecule has 1 heterocycles. The normalized spacial score (nSPS) is 12.7. The third-order valence-corrected chi connectivity index (χ3v) is 2.88. The predicted octanol–water partition coefficient (Wildman–Crippen LogP) is 1.58. The number of rotatable bonds is 2. The summed E-state index contributed by atoms with van der Waals surface area (Å²) in [5.41, 5.74) is 0. The number of nitrogens with zero attached hydrogens (tertiary/aromatic N) is 1. The van der Waals surface area contributed by atoms with Gasteiger partial charge in [0.05, 0.1) is 11.2 Å². The summed E-state index contributed by atoms with van der Waals surface area (Å²) in [6, 6.07) is 9.24. The molecular formula is C9H8N2OS. The molecule has 1 unspecified atom stereocenters. The predicted molar refractivity (Wildman–Crippen MR) is 49.7 cm³/mol. The van der Waals surface area contributed by atoms with Gasteiger partial charge >= 0.3 is 5.16 Å². The van der Waals surface area contributed by atoms with E-state index >= 15 is 0 Å². The Hall–Kier alpha value is -1.26. The minimum Gasteiger partial charge on any atom is -0.604 e. The zero-order chi connectivity index (χ0) is 9.10. The average Bonchev–Trinajstić information content (AvgIpc) is 2.71. The quantitative estimate of drug-likeness (QED) is 0.734. The summed E-state index contributed by atoms with van der Waals surface area (Å²) in [7, 11) is 0. The third-order valence-electron chi connectivity index (χ3n) is 1.61. The molecule has 0 fully saturated rings. The van der Waals surface area contributed by atoms with Gasteiger partial charge in [-0.3, -0.25) is 0 Å². The molecule has 1 aromatic heterocycles. The summed E-state index contributed by atoms with van der Waals surface area (Å²) in [4.78, 5) is 7.52. The van der Waals surface area contributed by atoms with Crippen LogP contribution in [0, 0.1) is 0 Å². The highest BCUT2D eigenvalue weighted by molar-refractivity contribution is 7.91. The van der Waals surface area contributed by atoms with E-state index in [0.29, 0.717) is 5.16 Å². The second kappa shape index (κ2) is 3.64. The number of imidazole rings is 1. The number of hydrogen-bond acceptors (Lipinski definition) is 2. The van der Waals surface area contributed by atoms with Crippen LogP contribution < -0.4 is 0 Å². The summed E-state index contributed by atoms with van der Waals surface area (Å²) in [5.74, 6) is 0. The molecule has 3 nitrogen and oxygen atoms in total.